The number of amides is 1. The lowest BCUT2D eigenvalue weighted by Crippen LogP contribution is -2.61. The van der Waals surface area contributed by atoms with Gasteiger partial charge >= 0.3 is 0 Å². The third-order valence-electron chi connectivity index (χ3n) is 5.99. The van der Waals surface area contributed by atoms with E-state index in [1.807, 2.05) is 0 Å². The molecule has 1 aromatic rings. The number of hydrogen-bond acceptors (Lipinski definition) is 5. The number of ether oxygens (including phenoxy) is 1. The van der Waals surface area contributed by atoms with Crippen molar-refractivity contribution in [3.05, 3.63) is 24.0 Å². The summed E-state index contributed by atoms with van der Waals surface area (Å²) in [6.07, 6.45) is 11.0. The van der Waals surface area contributed by atoms with Crippen molar-refractivity contribution in [1.82, 2.24) is 20.4 Å². The van der Waals surface area contributed by atoms with Gasteiger partial charge in [0.15, 0.2) is 0 Å². The summed E-state index contributed by atoms with van der Waals surface area (Å²) in [7, 11) is 0. The van der Waals surface area contributed by atoms with Crippen LogP contribution in [0.5, 0.6) is 0 Å². The third kappa shape index (κ3) is 4.01. The molecule has 0 bridgehead atoms. The summed E-state index contributed by atoms with van der Waals surface area (Å²) >= 11 is 0. The lowest BCUT2D eigenvalue weighted by molar-refractivity contribution is -0.0851. The Hall–Kier alpha value is -1.53. The first-order chi connectivity index (χ1) is 12.3. The molecule has 0 radical (unpaired) electrons. The fourth-order valence-electron chi connectivity index (χ4n) is 4.81. The number of hydrogen-bond donors (Lipinski definition) is 1. The summed E-state index contributed by atoms with van der Waals surface area (Å²) in [5.41, 5.74) is 0.565. The maximum Gasteiger partial charge on any atom is 0.253 e. The van der Waals surface area contributed by atoms with E-state index in [1.165, 1.54) is 44.8 Å². The van der Waals surface area contributed by atoms with Gasteiger partial charge in [0.25, 0.3) is 5.91 Å². The van der Waals surface area contributed by atoms with Crippen LogP contribution in [-0.4, -0.2) is 59.4 Å². The molecule has 2 saturated heterocycles. The number of likely N-dealkylation sites (tertiary alicyclic amines) is 1. The van der Waals surface area contributed by atoms with E-state index in [2.05, 4.69) is 20.4 Å². The average Bonchev–Trinajstić information content (AvgIpc) is 3.15. The van der Waals surface area contributed by atoms with E-state index in [0.29, 0.717) is 11.5 Å². The van der Waals surface area contributed by atoms with E-state index in [0.717, 1.165) is 32.0 Å². The van der Waals surface area contributed by atoms with Gasteiger partial charge in [-0.05, 0) is 43.6 Å². The van der Waals surface area contributed by atoms with Crippen LogP contribution >= 0.6 is 0 Å². The molecule has 3 fully saturated rings. The van der Waals surface area contributed by atoms with Crippen LogP contribution in [0.15, 0.2) is 18.5 Å². The van der Waals surface area contributed by atoms with Crippen LogP contribution in [-0.2, 0) is 4.74 Å². The Morgan fingerprint density at radius 3 is 2.88 bits per heavy atom. The standard InChI is InChI=1S/C19H28N4O2/c24-19(15-7-8-20-21-10-15)22-17-13-23(11-14-4-1-2-5-14)12-16-6-3-9-25-18(16)17/h7-8,10,14,16-18H,1-6,9,11-13H2,(H,22,24)/t16-,17+,18-/m0/s1. The predicted octanol–water partition coefficient (Wildman–Crippen LogP) is 1.88. The molecule has 0 aromatic carbocycles. The normalized spacial score (nSPS) is 30.8. The van der Waals surface area contributed by atoms with E-state index in [4.69, 9.17) is 4.74 Å². The summed E-state index contributed by atoms with van der Waals surface area (Å²) in [5.74, 6) is 1.29. The van der Waals surface area contributed by atoms with E-state index in [1.54, 1.807) is 12.3 Å². The lowest BCUT2D eigenvalue weighted by Gasteiger charge is -2.46. The van der Waals surface area contributed by atoms with Gasteiger partial charge in [-0.3, -0.25) is 4.79 Å². The first-order valence-electron chi connectivity index (χ1n) is 9.71. The molecule has 0 unspecified atom stereocenters. The summed E-state index contributed by atoms with van der Waals surface area (Å²) in [4.78, 5) is 15.2. The second kappa shape index (κ2) is 7.79. The minimum Gasteiger partial charge on any atom is -0.376 e. The van der Waals surface area contributed by atoms with E-state index < -0.39 is 0 Å². The second-order valence-corrected chi connectivity index (χ2v) is 7.82. The molecule has 1 amide bonds. The summed E-state index contributed by atoms with van der Waals surface area (Å²) in [6, 6.07) is 1.77. The molecule has 6 nitrogen and oxygen atoms in total. The highest BCUT2D eigenvalue weighted by Gasteiger charge is 2.40. The molecule has 6 heteroatoms. The van der Waals surface area contributed by atoms with Crippen molar-refractivity contribution in [1.29, 1.82) is 0 Å². The number of piperidine rings is 1. The Morgan fingerprint density at radius 1 is 1.20 bits per heavy atom. The van der Waals surface area contributed by atoms with Crippen LogP contribution in [0.4, 0.5) is 0 Å². The Balaban J connectivity index is 1.44. The van der Waals surface area contributed by atoms with Crippen LogP contribution < -0.4 is 5.32 Å². The van der Waals surface area contributed by atoms with Gasteiger partial charge in [-0.25, -0.2) is 0 Å². The van der Waals surface area contributed by atoms with Crippen molar-refractivity contribution in [2.45, 2.75) is 50.7 Å². The van der Waals surface area contributed by atoms with Crippen molar-refractivity contribution in [2.24, 2.45) is 11.8 Å². The van der Waals surface area contributed by atoms with Gasteiger partial charge in [0.1, 0.15) is 0 Å². The van der Waals surface area contributed by atoms with Crippen LogP contribution in [0.25, 0.3) is 0 Å². The first-order valence-corrected chi connectivity index (χ1v) is 9.71. The Kier molecular flexibility index (Phi) is 5.27. The fourth-order valence-corrected chi connectivity index (χ4v) is 4.81. The van der Waals surface area contributed by atoms with E-state index >= 15 is 0 Å². The minimum absolute atomic E-state index is 0.0566. The van der Waals surface area contributed by atoms with E-state index in [-0.39, 0.29) is 18.1 Å². The summed E-state index contributed by atoms with van der Waals surface area (Å²) < 4.78 is 6.08. The number of nitrogens with one attached hydrogen (secondary N) is 1. The molecule has 0 spiro atoms. The van der Waals surface area contributed by atoms with Gasteiger partial charge in [-0.1, -0.05) is 12.8 Å². The highest BCUT2D eigenvalue weighted by molar-refractivity contribution is 5.94. The fraction of sp³-hybridized carbons (Fsp3) is 0.737. The summed E-state index contributed by atoms with van der Waals surface area (Å²) in [5, 5.41) is 10.8. The number of nitrogens with zero attached hydrogens (tertiary/aromatic N) is 3. The minimum atomic E-state index is -0.0736. The zero-order valence-electron chi connectivity index (χ0n) is 14.8. The average molecular weight is 344 g/mol. The molecule has 1 saturated carbocycles. The van der Waals surface area contributed by atoms with Crippen LogP contribution in [0.1, 0.15) is 48.9 Å². The molecule has 136 valence electrons. The van der Waals surface area contributed by atoms with Crippen molar-refractivity contribution in [3.8, 4) is 0 Å². The number of carbonyl (C=O) groups is 1. The van der Waals surface area contributed by atoms with Crippen LogP contribution in [0.2, 0.25) is 0 Å². The molecule has 1 aliphatic carbocycles. The molecule has 4 rings (SSSR count). The monoisotopic (exact) mass is 344 g/mol. The first kappa shape index (κ1) is 16.9. The van der Waals surface area contributed by atoms with Crippen molar-refractivity contribution in [2.75, 3.05) is 26.2 Å². The zero-order valence-corrected chi connectivity index (χ0v) is 14.8. The topological polar surface area (TPSA) is 67.4 Å². The second-order valence-electron chi connectivity index (χ2n) is 7.82. The van der Waals surface area contributed by atoms with Crippen molar-refractivity contribution < 1.29 is 9.53 Å². The molecule has 25 heavy (non-hydrogen) atoms. The van der Waals surface area contributed by atoms with Gasteiger partial charge in [-0.2, -0.15) is 10.2 Å². The number of rotatable bonds is 4. The van der Waals surface area contributed by atoms with Gasteiger partial charge in [-0.15, -0.1) is 0 Å². The smallest absolute Gasteiger partial charge is 0.253 e. The van der Waals surface area contributed by atoms with Gasteiger partial charge in [0.05, 0.1) is 30.1 Å². The number of fused-ring (bicyclic) bond motifs is 1. The number of carbonyl (C=O) groups excluding carboxylic acids is 1. The largest absolute Gasteiger partial charge is 0.376 e. The maximum absolute atomic E-state index is 12.6. The van der Waals surface area contributed by atoms with Crippen LogP contribution in [0, 0.1) is 11.8 Å². The van der Waals surface area contributed by atoms with Crippen molar-refractivity contribution >= 4 is 5.91 Å². The van der Waals surface area contributed by atoms with Crippen LogP contribution in [0.3, 0.4) is 0 Å². The molecule has 3 heterocycles. The molecule has 1 aromatic heterocycles. The number of aromatic nitrogens is 2. The molecule has 3 atom stereocenters. The van der Waals surface area contributed by atoms with Gasteiger partial charge in [0.2, 0.25) is 0 Å². The zero-order chi connectivity index (χ0) is 17.1. The Morgan fingerprint density at radius 2 is 2.08 bits per heavy atom. The molecular formula is C19H28N4O2. The Bertz CT molecular complexity index is 576. The van der Waals surface area contributed by atoms with Gasteiger partial charge < -0.3 is 15.0 Å². The van der Waals surface area contributed by atoms with E-state index in [9.17, 15) is 4.79 Å². The molecule has 2 aliphatic heterocycles. The van der Waals surface area contributed by atoms with Crippen molar-refractivity contribution in [3.63, 3.8) is 0 Å². The molecule has 1 N–H and O–H groups in total. The molecular weight excluding hydrogens is 316 g/mol. The van der Waals surface area contributed by atoms with Gasteiger partial charge in [0, 0.05) is 26.2 Å². The maximum atomic E-state index is 12.6. The predicted molar refractivity (Wildman–Crippen MR) is 94.1 cm³/mol. The SMILES string of the molecule is O=C(N[C@@H]1CN(CC2CCCC2)C[C@@H]2CCCO[C@@H]21)c1ccnnc1. The summed E-state index contributed by atoms with van der Waals surface area (Å²) in [6.45, 7) is 3.99. The highest BCUT2D eigenvalue weighted by Crippen LogP contribution is 2.31. The lowest BCUT2D eigenvalue weighted by atomic mass is 9.85. The molecule has 3 aliphatic rings. The highest BCUT2D eigenvalue weighted by atomic mass is 16.5. The Labute approximate surface area is 149 Å². The third-order valence-corrected chi connectivity index (χ3v) is 5.99. The quantitative estimate of drug-likeness (QED) is 0.903.